The molecule has 104 valence electrons. The fraction of sp³-hybridized carbons (Fsp3) is 0.833. The lowest BCUT2D eigenvalue weighted by Crippen LogP contribution is -2.53. The molecule has 3 N–H and O–H groups in total. The minimum atomic E-state index is -1.14. The summed E-state index contributed by atoms with van der Waals surface area (Å²) in [6.07, 6.45) is 0.894. The average molecular weight is 258 g/mol. The van der Waals surface area contributed by atoms with E-state index in [-0.39, 0.29) is 12.3 Å². The van der Waals surface area contributed by atoms with Crippen molar-refractivity contribution >= 4 is 11.9 Å². The Balaban J connectivity index is 2.58. The molecule has 1 saturated heterocycles. The van der Waals surface area contributed by atoms with Gasteiger partial charge in [0.2, 0.25) is 5.91 Å². The van der Waals surface area contributed by atoms with Crippen molar-refractivity contribution in [3.05, 3.63) is 0 Å². The number of likely N-dealkylation sites (tertiary alicyclic amines) is 1. The summed E-state index contributed by atoms with van der Waals surface area (Å²) >= 11 is 0. The predicted molar refractivity (Wildman–Crippen MR) is 66.1 cm³/mol. The van der Waals surface area contributed by atoms with Crippen LogP contribution in [0.15, 0.2) is 0 Å². The van der Waals surface area contributed by atoms with Gasteiger partial charge in [0.05, 0.1) is 0 Å². The van der Waals surface area contributed by atoms with Gasteiger partial charge in [-0.1, -0.05) is 0 Å². The fourth-order valence-corrected chi connectivity index (χ4v) is 2.12. The van der Waals surface area contributed by atoms with E-state index in [2.05, 4.69) is 0 Å². The summed E-state index contributed by atoms with van der Waals surface area (Å²) in [6, 6.07) is 0. The monoisotopic (exact) mass is 258 g/mol. The third-order valence-corrected chi connectivity index (χ3v) is 3.31. The Hall–Kier alpha value is -1.14. The van der Waals surface area contributed by atoms with Crippen LogP contribution in [0.5, 0.6) is 0 Å². The third kappa shape index (κ3) is 3.43. The highest BCUT2D eigenvalue weighted by Crippen LogP contribution is 2.26. The van der Waals surface area contributed by atoms with E-state index in [1.54, 1.807) is 18.7 Å². The first-order valence-corrected chi connectivity index (χ1v) is 6.05. The molecule has 6 heteroatoms. The van der Waals surface area contributed by atoms with Crippen molar-refractivity contribution in [1.82, 2.24) is 4.90 Å². The Morgan fingerprint density at radius 2 is 1.89 bits per heavy atom. The number of amides is 1. The Labute approximate surface area is 107 Å². The van der Waals surface area contributed by atoms with E-state index in [4.69, 9.17) is 15.6 Å². The zero-order chi connectivity index (χ0) is 14.0. The van der Waals surface area contributed by atoms with Gasteiger partial charge in [0.1, 0.15) is 0 Å². The summed E-state index contributed by atoms with van der Waals surface area (Å²) in [5.41, 5.74) is 4.12. The Morgan fingerprint density at radius 3 is 2.22 bits per heavy atom. The molecule has 0 aromatic heterocycles. The molecule has 1 rings (SSSR count). The molecule has 1 aliphatic rings. The lowest BCUT2D eigenvalue weighted by atomic mass is 9.90. The number of nitrogens with two attached hydrogens (primary N) is 1. The van der Waals surface area contributed by atoms with E-state index >= 15 is 0 Å². The Kier molecular flexibility index (Phi) is 4.34. The largest absolute Gasteiger partial charge is 0.479 e. The van der Waals surface area contributed by atoms with Crippen LogP contribution in [-0.2, 0) is 14.3 Å². The summed E-state index contributed by atoms with van der Waals surface area (Å²) in [6.45, 7) is 4.39. The van der Waals surface area contributed by atoms with Gasteiger partial charge in [-0.25, -0.2) is 4.79 Å². The van der Waals surface area contributed by atoms with Gasteiger partial charge in [-0.15, -0.1) is 0 Å². The number of carboxylic acid groups (broad SMARTS) is 1. The molecule has 1 amide bonds. The van der Waals surface area contributed by atoms with Crippen LogP contribution in [0.4, 0.5) is 0 Å². The maximum absolute atomic E-state index is 11.9. The summed E-state index contributed by atoms with van der Waals surface area (Å²) in [5, 5.41) is 9.15. The van der Waals surface area contributed by atoms with Crippen LogP contribution in [0, 0.1) is 0 Å². The number of carboxylic acids is 1. The zero-order valence-corrected chi connectivity index (χ0v) is 11.2. The fourth-order valence-electron chi connectivity index (χ4n) is 2.12. The van der Waals surface area contributed by atoms with Gasteiger partial charge < -0.3 is 20.5 Å². The molecule has 1 aliphatic heterocycles. The maximum Gasteiger partial charge on any atom is 0.336 e. The van der Waals surface area contributed by atoms with Gasteiger partial charge >= 0.3 is 5.97 Å². The zero-order valence-electron chi connectivity index (χ0n) is 11.2. The number of hydrogen-bond acceptors (Lipinski definition) is 4. The Bertz CT molecular complexity index is 327. The molecule has 0 aromatic rings. The van der Waals surface area contributed by atoms with E-state index in [0.29, 0.717) is 25.9 Å². The molecule has 18 heavy (non-hydrogen) atoms. The lowest BCUT2D eigenvalue weighted by Gasteiger charge is -2.38. The Morgan fingerprint density at radius 1 is 1.39 bits per heavy atom. The first-order chi connectivity index (χ1) is 8.20. The minimum Gasteiger partial charge on any atom is -0.479 e. The SMILES string of the molecule is COC1(C(=O)O)CCN(C(=O)CC(C)(C)N)CC1. The van der Waals surface area contributed by atoms with E-state index in [1.165, 1.54) is 7.11 Å². The van der Waals surface area contributed by atoms with Crippen LogP contribution in [-0.4, -0.2) is 53.2 Å². The second-order valence-corrected chi connectivity index (χ2v) is 5.55. The minimum absolute atomic E-state index is 0.0300. The summed E-state index contributed by atoms with van der Waals surface area (Å²) in [4.78, 5) is 24.8. The van der Waals surface area contributed by atoms with Crippen LogP contribution >= 0.6 is 0 Å². The highest BCUT2D eigenvalue weighted by molar-refractivity contribution is 5.80. The standard InChI is InChI=1S/C12H22N2O4/c1-11(2,13)8-9(15)14-6-4-12(18-3,5-7-14)10(16)17/h4-8,13H2,1-3H3,(H,16,17). The highest BCUT2D eigenvalue weighted by atomic mass is 16.5. The lowest BCUT2D eigenvalue weighted by molar-refractivity contribution is -0.170. The number of carbonyl (C=O) groups excluding carboxylic acids is 1. The van der Waals surface area contributed by atoms with Crippen molar-refractivity contribution in [1.29, 1.82) is 0 Å². The van der Waals surface area contributed by atoms with Crippen molar-refractivity contribution in [2.24, 2.45) is 5.73 Å². The summed E-state index contributed by atoms with van der Waals surface area (Å²) in [7, 11) is 1.40. The van der Waals surface area contributed by atoms with Crippen molar-refractivity contribution in [3.8, 4) is 0 Å². The number of piperidine rings is 1. The van der Waals surface area contributed by atoms with Crippen molar-refractivity contribution in [2.45, 2.75) is 44.2 Å². The van der Waals surface area contributed by atoms with Gasteiger partial charge in [0.25, 0.3) is 0 Å². The molecular weight excluding hydrogens is 236 g/mol. The molecule has 0 radical (unpaired) electrons. The van der Waals surface area contributed by atoms with Crippen molar-refractivity contribution in [2.75, 3.05) is 20.2 Å². The van der Waals surface area contributed by atoms with E-state index in [9.17, 15) is 9.59 Å². The molecule has 1 heterocycles. The number of aliphatic carboxylic acids is 1. The summed E-state index contributed by atoms with van der Waals surface area (Å²) < 4.78 is 5.11. The first kappa shape index (κ1) is 14.9. The molecule has 6 nitrogen and oxygen atoms in total. The van der Waals surface area contributed by atoms with Crippen LogP contribution in [0.25, 0.3) is 0 Å². The van der Waals surface area contributed by atoms with Crippen LogP contribution < -0.4 is 5.73 Å². The smallest absolute Gasteiger partial charge is 0.336 e. The predicted octanol–water partition coefficient (Wildman–Crippen LogP) is 0.206. The second-order valence-electron chi connectivity index (χ2n) is 5.55. The number of carbonyl (C=O) groups is 2. The molecule has 0 spiro atoms. The second kappa shape index (κ2) is 5.24. The van der Waals surface area contributed by atoms with Gasteiger partial charge in [0, 0.05) is 45.0 Å². The average Bonchev–Trinajstić information content (AvgIpc) is 2.26. The van der Waals surface area contributed by atoms with Crippen molar-refractivity contribution < 1.29 is 19.4 Å². The number of rotatable bonds is 4. The van der Waals surface area contributed by atoms with Gasteiger partial charge in [-0.2, -0.15) is 0 Å². The molecule has 0 aromatic carbocycles. The van der Waals surface area contributed by atoms with E-state index in [0.717, 1.165) is 0 Å². The molecule has 0 bridgehead atoms. The maximum atomic E-state index is 11.9. The van der Waals surface area contributed by atoms with Gasteiger partial charge in [-0.3, -0.25) is 4.79 Å². The van der Waals surface area contributed by atoms with Crippen molar-refractivity contribution in [3.63, 3.8) is 0 Å². The first-order valence-electron chi connectivity index (χ1n) is 6.05. The number of methoxy groups -OCH3 is 1. The van der Waals surface area contributed by atoms with Gasteiger partial charge in [-0.05, 0) is 13.8 Å². The number of ether oxygens (including phenoxy) is 1. The quantitative estimate of drug-likeness (QED) is 0.751. The third-order valence-electron chi connectivity index (χ3n) is 3.31. The molecule has 0 unspecified atom stereocenters. The number of nitrogens with zero attached hydrogens (tertiary/aromatic N) is 1. The molecular formula is C12H22N2O4. The van der Waals surface area contributed by atoms with E-state index < -0.39 is 17.1 Å². The molecule has 1 fully saturated rings. The van der Waals surface area contributed by atoms with Crippen LogP contribution in [0.2, 0.25) is 0 Å². The van der Waals surface area contributed by atoms with Crippen LogP contribution in [0.1, 0.15) is 33.1 Å². The molecule has 0 atom stereocenters. The summed E-state index contributed by atoms with van der Waals surface area (Å²) in [5.74, 6) is -0.992. The van der Waals surface area contributed by atoms with Gasteiger partial charge in [0.15, 0.2) is 5.60 Å². The highest BCUT2D eigenvalue weighted by Gasteiger charge is 2.42. The van der Waals surface area contributed by atoms with E-state index in [1.807, 2.05) is 0 Å². The molecule has 0 saturated carbocycles. The topological polar surface area (TPSA) is 92.9 Å². The number of hydrogen-bond donors (Lipinski definition) is 2. The molecule has 0 aliphatic carbocycles. The normalized spacial score (nSPS) is 19.7. The van der Waals surface area contributed by atoms with Crippen LogP contribution in [0.3, 0.4) is 0 Å².